The van der Waals surface area contributed by atoms with Gasteiger partial charge in [-0.2, -0.15) is 0 Å². The second-order valence-electron chi connectivity index (χ2n) is 4.26. The van der Waals surface area contributed by atoms with Crippen LogP contribution in [-0.4, -0.2) is 67.0 Å². The number of amides is 2. The van der Waals surface area contributed by atoms with Crippen molar-refractivity contribution in [1.82, 2.24) is 14.7 Å². The van der Waals surface area contributed by atoms with E-state index in [0.717, 1.165) is 45.7 Å². The minimum absolute atomic E-state index is 0.148. The molecule has 0 aromatic carbocycles. The Bertz CT molecular complexity index is 205. The van der Waals surface area contributed by atoms with E-state index >= 15 is 0 Å². The number of urea groups is 1. The van der Waals surface area contributed by atoms with Crippen LogP contribution in [0.4, 0.5) is 4.79 Å². The SMILES string of the molecule is CCN(CC)CCCN(CC)C(=O)N(C)CC. The molecule has 0 aromatic rings. The monoisotopic (exact) mass is 243 g/mol. The molecule has 0 aromatic heterocycles. The number of carbonyl (C=O) groups is 1. The molecular formula is C13H29N3O. The first kappa shape index (κ1) is 16.2. The standard InChI is InChI=1S/C13H29N3O/c1-6-14(5)13(17)16(9-4)12-10-11-15(7-2)8-3/h6-12H2,1-5H3. The van der Waals surface area contributed by atoms with Gasteiger partial charge in [-0.1, -0.05) is 13.8 Å². The molecule has 0 saturated heterocycles. The molecule has 2 amide bonds. The molecule has 0 rings (SSSR count). The normalized spacial score (nSPS) is 10.7. The van der Waals surface area contributed by atoms with Gasteiger partial charge in [0.2, 0.25) is 0 Å². The smallest absolute Gasteiger partial charge is 0.319 e. The lowest BCUT2D eigenvalue weighted by molar-refractivity contribution is 0.163. The quantitative estimate of drug-likeness (QED) is 0.653. The Labute approximate surface area is 107 Å². The number of rotatable bonds is 8. The largest absolute Gasteiger partial charge is 0.328 e. The summed E-state index contributed by atoms with van der Waals surface area (Å²) in [5.74, 6) is 0. The van der Waals surface area contributed by atoms with Gasteiger partial charge in [-0.3, -0.25) is 0 Å². The third-order valence-corrected chi connectivity index (χ3v) is 3.25. The topological polar surface area (TPSA) is 26.8 Å². The van der Waals surface area contributed by atoms with E-state index in [-0.39, 0.29) is 6.03 Å². The molecule has 4 heteroatoms. The highest BCUT2D eigenvalue weighted by Crippen LogP contribution is 2.00. The van der Waals surface area contributed by atoms with Crippen molar-refractivity contribution in [3.05, 3.63) is 0 Å². The zero-order chi connectivity index (χ0) is 13.3. The fourth-order valence-electron chi connectivity index (χ4n) is 1.79. The van der Waals surface area contributed by atoms with E-state index in [0.29, 0.717) is 0 Å². The van der Waals surface area contributed by atoms with E-state index in [2.05, 4.69) is 18.7 Å². The average molecular weight is 243 g/mol. The molecule has 0 spiro atoms. The molecule has 0 atom stereocenters. The molecule has 0 bridgehead atoms. The Kier molecular flexibility index (Phi) is 8.86. The van der Waals surface area contributed by atoms with Gasteiger partial charge in [0.15, 0.2) is 0 Å². The second-order valence-corrected chi connectivity index (χ2v) is 4.26. The van der Waals surface area contributed by atoms with Crippen LogP contribution in [0.15, 0.2) is 0 Å². The van der Waals surface area contributed by atoms with E-state index in [1.165, 1.54) is 0 Å². The summed E-state index contributed by atoms with van der Waals surface area (Å²) in [5, 5.41) is 0. The molecule has 0 heterocycles. The van der Waals surface area contributed by atoms with Gasteiger partial charge in [0.25, 0.3) is 0 Å². The first-order valence-corrected chi connectivity index (χ1v) is 6.82. The number of hydrogen-bond donors (Lipinski definition) is 0. The predicted molar refractivity (Wildman–Crippen MR) is 73.4 cm³/mol. The molecule has 0 saturated carbocycles. The van der Waals surface area contributed by atoms with Crippen LogP contribution in [0.1, 0.15) is 34.1 Å². The third-order valence-electron chi connectivity index (χ3n) is 3.25. The maximum absolute atomic E-state index is 12.0. The summed E-state index contributed by atoms with van der Waals surface area (Å²) >= 11 is 0. The van der Waals surface area contributed by atoms with Crippen LogP contribution in [0, 0.1) is 0 Å². The number of carbonyl (C=O) groups excluding carboxylic acids is 1. The lowest BCUT2D eigenvalue weighted by Gasteiger charge is -2.27. The van der Waals surface area contributed by atoms with Gasteiger partial charge in [-0.15, -0.1) is 0 Å². The molecular weight excluding hydrogens is 214 g/mol. The molecule has 0 radical (unpaired) electrons. The lowest BCUT2D eigenvalue weighted by Crippen LogP contribution is -2.42. The van der Waals surface area contributed by atoms with Crippen LogP contribution >= 0.6 is 0 Å². The summed E-state index contributed by atoms with van der Waals surface area (Å²) in [6.45, 7) is 14.1. The van der Waals surface area contributed by atoms with E-state index in [1.54, 1.807) is 4.90 Å². The minimum atomic E-state index is 0.148. The highest BCUT2D eigenvalue weighted by atomic mass is 16.2. The minimum Gasteiger partial charge on any atom is -0.328 e. The van der Waals surface area contributed by atoms with E-state index < -0.39 is 0 Å². The van der Waals surface area contributed by atoms with Gasteiger partial charge in [-0.05, 0) is 39.9 Å². The van der Waals surface area contributed by atoms with Crippen LogP contribution < -0.4 is 0 Å². The van der Waals surface area contributed by atoms with Gasteiger partial charge in [0.05, 0.1) is 0 Å². The summed E-state index contributed by atoms with van der Waals surface area (Å²) in [4.78, 5) is 18.0. The van der Waals surface area contributed by atoms with Crippen molar-refractivity contribution in [2.45, 2.75) is 34.1 Å². The van der Waals surface area contributed by atoms with Crippen LogP contribution in [0.25, 0.3) is 0 Å². The number of nitrogens with zero attached hydrogens (tertiary/aromatic N) is 3. The Balaban J connectivity index is 4.01. The molecule has 0 aliphatic heterocycles. The predicted octanol–water partition coefficient (Wildman–Crippen LogP) is 2.11. The summed E-state index contributed by atoms with van der Waals surface area (Å²) in [6.07, 6.45) is 1.05. The van der Waals surface area contributed by atoms with Crippen molar-refractivity contribution < 1.29 is 4.79 Å². The summed E-state index contributed by atoms with van der Waals surface area (Å²) < 4.78 is 0. The highest BCUT2D eigenvalue weighted by molar-refractivity contribution is 5.74. The van der Waals surface area contributed by atoms with Gasteiger partial charge in [0, 0.05) is 26.7 Å². The molecule has 102 valence electrons. The zero-order valence-corrected chi connectivity index (χ0v) is 12.2. The molecule has 0 N–H and O–H groups in total. The fourth-order valence-corrected chi connectivity index (χ4v) is 1.79. The summed E-state index contributed by atoms with van der Waals surface area (Å²) in [7, 11) is 1.86. The molecule has 0 fully saturated rings. The van der Waals surface area contributed by atoms with Crippen molar-refractivity contribution in [3.8, 4) is 0 Å². The van der Waals surface area contributed by atoms with Gasteiger partial charge < -0.3 is 14.7 Å². The molecule has 0 unspecified atom stereocenters. The van der Waals surface area contributed by atoms with Crippen molar-refractivity contribution in [1.29, 1.82) is 0 Å². The molecule has 17 heavy (non-hydrogen) atoms. The van der Waals surface area contributed by atoms with Gasteiger partial charge in [0.1, 0.15) is 0 Å². The maximum Gasteiger partial charge on any atom is 0.319 e. The zero-order valence-electron chi connectivity index (χ0n) is 12.2. The summed E-state index contributed by atoms with van der Waals surface area (Å²) in [6, 6.07) is 0.148. The van der Waals surface area contributed by atoms with Crippen molar-refractivity contribution >= 4 is 6.03 Å². The Morgan fingerprint density at radius 3 is 1.88 bits per heavy atom. The van der Waals surface area contributed by atoms with Crippen molar-refractivity contribution in [2.75, 3.05) is 46.3 Å². The average Bonchev–Trinajstić information content (AvgIpc) is 2.37. The van der Waals surface area contributed by atoms with E-state index in [9.17, 15) is 4.79 Å². The first-order chi connectivity index (χ1) is 8.10. The van der Waals surface area contributed by atoms with Crippen molar-refractivity contribution in [2.24, 2.45) is 0 Å². The first-order valence-electron chi connectivity index (χ1n) is 6.82. The lowest BCUT2D eigenvalue weighted by atomic mass is 10.3. The number of hydrogen-bond acceptors (Lipinski definition) is 2. The van der Waals surface area contributed by atoms with Gasteiger partial charge in [-0.25, -0.2) is 4.79 Å². The maximum atomic E-state index is 12.0. The van der Waals surface area contributed by atoms with Crippen LogP contribution in [-0.2, 0) is 0 Å². The fraction of sp³-hybridized carbons (Fsp3) is 0.923. The van der Waals surface area contributed by atoms with E-state index in [4.69, 9.17) is 0 Å². The molecule has 0 aliphatic rings. The van der Waals surface area contributed by atoms with Crippen LogP contribution in [0.5, 0.6) is 0 Å². The van der Waals surface area contributed by atoms with Crippen LogP contribution in [0.2, 0.25) is 0 Å². The second kappa shape index (κ2) is 9.28. The highest BCUT2D eigenvalue weighted by Gasteiger charge is 2.14. The Morgan fingerprint density at radius 1 is 0.882 bits per heavy atom. The summed E-state index contributed by atoms with van der Waals surface area (Å²) in [5.41, 5.74) is 0. The van der Waals surface area contributed by atoms with Crippen LogP contribution in [0.3, 0.4) is 0 Å². The van der Waals surface area contributed by atoms with Crippen molar-refractivity contribution in [3.63, 3.8) is 0 Å². The molecule has 4 nitrogen and oxygen atoms in total. The molecule has 0 aliphatic carbocycles. The Morgan fingerprint density at radius 2 is 1.47 bits per heavy atom. The Hall–Kier alpha value is -0.770. The third kappa shape index (κ3) is 5.91. The van der Waals surface area contributed by atoms with Gasteiger partial charge >= 0.3 is 6.03 Å². The van der Waals surface area contributed by atoms with E-state index in [1.807, 2.05) is 25.8 Å².